The number of carbonyl (C=O) groups excluding carboxylic acids is 2. The number of halogens is 2. The number of carbonyl (C=O) groups is 2. The zero-order valence-corrected chi connectivity index (χ0v) is 71.8. The Kier molecular flexibility index (Phi) is 30.4. The quantitative estimate of drug-likeness (QED) is 0.0297. The molecule has 0 saturated carbocycles. The van der Waals surface area contributed by atoms with E-state index in [-0.39, 0.29) is 116 Å². The smallest absolute Gasteiger partial charge is 0.342 e. The summed E-state index contributed by atoms with van der Waals surface area (Å²) in [5.74, 6) is -6.05. The molecule has 11 saturated heterocycles. The van der Waals surface area contributed by atoms with Crippen molar-refractivity contribution in [3.63, 3.8) is 0 Å². The number of nitrogens with zero attached hydrogens (tertiary/aromatic N) is 1. The Balaban J connectivity index is 0.664. The molecule has 11 aliphatic rings. The maximum absolute atomic E-state index is 14.7. The highest BCUT2D eigenvalue weighted by molar-refractivity contribution is 6.39. The van der Waals surface area contributed by atoms with Gasteiger partial charge >= 0.3 is 17.9 Å². The van der Waals surface area contributed by atoms with Gasteiger partial charge in [0.25, 0.3) is 11.5 Å². The number of hydrogen-bond acceptors (Lipinski definition) is 38. The van der Waals surface area contributed by atoms with E-state index in [1.807, 2.05) is 0 Å². The van der Waals surface area contributed by atoms with Crippen molar-refractivity contribution >= 4 is 35.1 Å². The topological polar surface area (TPSA) is 446 Å². The molecule has 0 aliphatic carbocycles. The molecule has 122 heavy (non-hydrogen) atoms. The molecule has 0 unspecified atom stereocenters. The normalized spacial score (nSPS) is 42.4. The summed E-state index contributed by atoms with van der Waals surface area (Å²) in [4.78, 5) is 41.1. The van der Waals surface area contributed by atoms with E-state index in [0.29, 0.717) is 11.3 Å². The van der Waals surface area contributed by atoms with Crippen LogP contribution >= 0.6 is 23.2 Å². The fraction of sp³-hybridized carbons (Fsp3) is 0.753. The molecule has 0 bridgehead atoms. The van der Waals surface area contributed by atoms with Gasteiger partial charge in [-0.15, -0.1) is 0 Å². The second-order valence-electron chi connectivity index (χ2n) is 32.3. The fourth-order valence-electron chi connectivity index (χ4n) is 18.5. The Morgan fingerprint density at radius 2 is 1.33 bits per heavy atom. The van der Waals surface area contributed by atoms with Gasteiger partial charge in [0.15, 0.2) is 67.4 Å². The molecular formula is C81H113Cl2NO38. The van der Waals surface area contributed by atoms with E-state index in [0.717, 1.165) is 0 Å². The highest BCUT2D eigenvalue weighted by Crippen LogP contribution is 2.54. The molecule has 684 valence electrons. The third kappa shape index (κ3) is 18.3. The SMILES string of the molecule is C=CCOc1cc(C)c(C(=O)O[C@@H]2CO[C@]3(O[C@H]4[C@@H](OCCO)[C@H](O[C@@H]5O[C@H](COC)[C@@H](O[C@@H]6O[C@H](C)[C@H](OC)[C@H](O[C@@H]7O[C@H](C)[C@H]8O[C@]9(C[C@@H](O)[C@H]([C@H]%10C[C@@H](O[C@H]%11C[C@@](C)([N+](=O)[O-])[C@@H](OC)[C@H](C)O%11)[C@H](OC(=O)c%11c(C)c(Cl)c(OCC=C)c(Cl)c%11OC)[C@@H](C)O%10)[C@@H](C)O9)O[C@]8(C)[C@@H]7O)[C@H]6O)[C@H](O)[C@@H]5OC)OC[C@@H]4O3)[C@@H]3OCO[C@H]32)c(OCC=C)c1. The van der Waals surface area contributed by atoms with Crippen LogP contribution in [0.3, 0.4) is 0 Å². The van der Waals surface area contributed by atoms with Crippen LogP contribution in [0.1, 0.15) is 99.6 Å². The zero-order valence-electron chi connectivity index (χ0n) is 70.3. The number of fused-ring (bicyclic) bond motifs is 4. The van der Waals surface area contributed by atoms with E-state index in [4.69, 9.17) is 161 Å². The van der Waals surface area contributed by atoms with Crippen LogP contribution in [0.25, 0.3) is 0 Å². The largest absolute Gasteiger partial charge is 0.494 e. The number of benzene rings is 2. The second kappa shape index (κ2) is 39.3. The highest BCUT2D eigenvalue weighted by atomic mass is 35.5. The summed E-state index contributed by atoms with van der Waals surface area (Å²) in [7, 11) is 6.69. The Bertz CT molecular complexity index is 3970. The lowest BCUT2D eigenvalue weighted by Gasteiger charge is -2.50. The monoisotopic (exact) mass is 1780 g/mol. The molecule has 2 spiro atoms. The van der Waals surface area contributed by atoms with Crippen LogP contribution in [0, 0.1) is 29.9 Å². The first-order chi connectivity index (χ1) is 58.2. The van der Waals surface area contributed by atoms with Gasteiger partial charge in [0.05, 0.1) is 101 Å². The van der Waals surface area contributed by atoms with Gasteiger partial charge < -0.3 is 163 Å². The van der Waals surface area contributed by atoms with E-state index < -0.39 is 237 Å². The molecule has 41 heteroatoms. The van der Waals surface area contributed by atoms with E-state index in [9.17, 15) is 45.2 Å². The van der Waals surface area contributed by atoms with Gasteiger partial charge in [0, 0.05) is 58.7 Å². The van der Waals surface area contributed by atoms with Crippen molar-refractivity contribution in [2.45, 2.75) is 289 Å². The summed E-state index contributed by atoms with van der Waals surface area (Å²) < 4.78 is 181. The molecule has 39 nitrogen and oxygen atoms in total. The minimum absolute atomic E-state index is 0.00253. The van der Waals surface area contributed by atoms with Gasteiger partial charge in [-0.2, -0.15) is 0 Å². The van der Waals surface area contributed by atoms with Crippen molar-refractivity contribution in [1.82, 2.24) is 0 Å². The molecule has 2 aromatic rings. The Morgan fingerprint density at radius 1 is 0.631 bits per heavy atom. The number of aliphatic hydroxyl groups is 5. The molecule has 11 fully saturated rings. The van der Waals surface area contributed by atoms with E-state index in [2.05, 4.69) is 19.7 Å². The lowest BCUT2D eigenvalue weighted by Crippen LogP contribution is -2.68. The molecule has 35 atom stereocenters. The molecule has 0 amide bonds. The number of methoxy groups -OCH3 is 5. The van der Waals surface area contributed by atoms with Crippen molar-refractivity contribution in [3.05, 3.63) is 92.5 Å². The first-order valence-electron chi connectivity index (χ1n) is 40.5. The van der Waals surface area contributed by atoms with Crippen LogP contribution in [0.4, 0.5) is 0 Å². The number of esters is 2. The molecule has 11 aliphatic heterocycles. The number of hydrogen-bond donors (Lipinski definition) is 5. The number of rotatable bonds is 32. The standard InChI is InChI=1S/C81H113Cl2NO38/c1-18-22-99-42-26-35(4)51(44(27-42)100-23-19-2)72(90)112-48-33-106-81(71-62(48)104-34-105-71)119-49-32-103-75(67(61(49)120-81)102-25-21-85)117-76-66(97-16)56(87)60(47(113-76)31-94-13)115-74-57(88)65(59(95-14)39(8)109-74)116-77-68(89)79(12)70(41(10)110-77)121-80(122-79)29-43(86)53(37(6)118-80)45-28-46(111-50-30-78(11,84(92)93)69(98-17)40(9)108-50)58(38(7)107-45)114-73(91)52-36(5)54(82)64(101-24-20-3)55(83)63(52)96-15/h18-20,26-27,37-41,43,45-50,53,56-62,65-71,74-77,85-89H,1-3,21-25,28-34H2,4-17H3/t37-,38-,39-,40+,41-,43-,45-,46-,47-,48-,49+,50+,53-,56+,57-,58-,59+,60-,61-,62+,65-,66+,67-,68-,69+,70-,71-,74+,75+,76+,77+,78-,79-,80-,81-/m1/s1. The predicted octanol–water partition coefficient (Wildman–Crippen LogP) is 4.13. The Labute approximate surface area is 714 Å². The van der Waals surface area contributed by atoms with Gasteiger partial charge in [0.2, 0.25) is 0 Å². The van der Waals surface area contributed by atoms with Crippen LogP contribution < -0.4 is 18.9 Å². The highest BCUT2D eigenvalue weighted by Gasteiger charge is 2.71. The fourth-order valence-corrected chi connectivity index (χ4v) is 19.1. The van der Waals surface area contributed by atoms with E-state index >= 15 is 0 Å². The molecule has 11 heterocycles. The van der Waals surface area contributed by atoms with Gasteiger partial charge in [0.1, 0.15) is 145 Å². The van der Waals surface area contributed by atoms with Crippen LogP contribution in [0.15, 0.2) is 50.1 Å². The minimum Gasteiger partial charge on any atom is -0.494 e. The summed E-state index contributed by atoms with van der Waals surface area (Å²) in [5.41, 5.74) is -2.75. The van der Waals surface area contributed by atoms with E-state index in [1.165, 1.54) is 54.6 Å². The number of aliphatic hydroxyl groups excluding tert-OH is 5. The molecule has 5 N–H and O–H groups in total. The van der Waals surface area contributed by atoms with Crippen molar-refractivity contribution in [1.29, 1.82) is 0 Å². The van der Waals surface area contributed by atoms with Crippen molar-refractivity contribution in [3.8, 4) is 23.0 Å². The minimum atomic E-state index is -2.05. The number of ether oxygens (including phenoxy) is 29. The maximum Gasteiger partial charge on any atom is 0.342 e. The zero-order chi connectivity index (χ0) is 87.9. The average molecular weight is 1780 g/mol. The molecular weight excluding hydrogens is 1670 g/mol. The lowest BCUT2D eigenvalue weighted by atomic mass is 9.81. The summed E-state index contributed by atoms with van der Waals surface area (Å²) in [6.07, 6.45) is -33.3. The maximum atomic E-state index is 14.7. The van der Waals surface area contributed by atoms with Gasteiger partial charge in [-0.05, 0) is 72.6 Å². The van der Waals surface area contributed by atoms with Crippen molar-refractivity contribution in [2.75, 3.05) is 95.2 Å². The average Bonchev–Trinajstić information content (AvgIpc) is 1.56. The molecule has 0 aromatic heterocycles. The van der Waals surface area contributed by atoms with Crippen LogP contribution in [0.5, 0.6) is 23.0 Å². The predicted molar refractivity (Wildman–Crippen MR) is 414 cm³/mol. The first kappa shape index (κ1) is 94.3. The molecule has 2 aromatic carbocycles. The number of aryl methyl sites for hydroxylation is 1. The lowest BCUT2D eigenvalue weighted by molar-refractivity contribution is -0.595. The second-order valence-corrected chi connectivity index (χ2v) is 33.0. The third-order valence-corrected chi connectivity index (χ3v) is 25.0. The summed E-state index contributed by atoms with van der Waals surface area (Å²) >= 11 is 13.5. The van der Waals surface area contributed by atoms with Crippen LogP contribution in [-0.2, 0) is 118 Å². The van der Waals surface area contributed by atoms with Gasteiger partial charge in [-0.25, -0.2) is 9.59 Å². The van der Waals surface area contributed by atoms with Crippen LogP contribution in [0.2, 0.25) is 10.0 Å². The van der Waals surface area contributed by atoms with Gasteiger partial charge in [-0.3, -0.25) is 10.1 Å². The van der Waals surface area contributed by atoms with Crippen LogP contribution in [-0.4, -0.2) is 345 Å². The van der Waals surface area contributed by atoms with Crippen molar-refractivity contribution in [2.24, 2.45) is 5.92 Å². The summed E-state index contributed by atoms with van der Waals surface area (Å²) in [5, 5.41) is 73.0. The van der Waals surface area contributed by atoms with E-state index in [1.54, 1.807) is 73.6 Å². The Hall–Kier alpha value is -5.34. The van der Waals surface area contributed by atoms with Gasteiger partial charge in [-0.1, -0.05) is 61.2 Å². The molecule has 0 radical (unpaired) electrons. The number of nitro groups is 1. The molecule has 13 rings (SSSR count). The summed E-state index contributed by atoms with van der Waals surface area (Å²) in [6.45, 7) is 24.2. The third-order valence-electron chi connectivity index (χ3n) is 24.2. The Morgan fingerprint density at radius 3 is 2.01 bits per heavy atom. The first-order valence-corrected chi connectivity index (χ1v) is 41.3. The van der Waals surface area contributed by atoms with Crippen molar-refractivity contribution < 1.29 is 177 Å². The summed E-state index contributed by atoms with van der Waals surface area (Å²) in [6, 6.07) is 3.24.